The minimum atomic E-state index is -0.225. The second-order valence-corrected chi connectivity index (χ2v) is 6.61. The minimum Gasteiger partial charge on any atom is -0.506 e. The van der Waals surface area contributed by atoms with E-state index in [1.165, 1.54) is 17.7 Å². The van der Waals surface area contributed by atoms with Crippen LogP contribution >= 0.6 is 11.6 Å². The van der Waals surface area contributed by atoms with E-state index in [4.69, 9.17) is 11.6 Å². The van der Waals surface area contributed by atoms with Crippen molar-refractivity contribution < 1.29 is 9.50 Å². The fraction of sp³-hybridized carbons (Fsp3) is 0.136. The lowest BCUT2D eigenvalue weighted by atomic mass is 9.97. The van der Waals surface area contributed by atoms with Gasteiger partial charge in [-0.2, -0.15) is 0 Å². The number of benzene rings is 2. The molecule has 0 saturated carbocycles. The van der Waals surface area contributed by atoms with Gasteiger partial charge in [0.15, 0.2) is 0 Å². The summed E-state index contributed by atoms with van der Waals surface area (Å²) in [5.74, 6) is -0.271. The average Bonchev–Trinajstić information content (AvgIpc) is 2.63. The van der Waals surface area contributed by atoms with Crippen LogP contribution in [0.5, 0.6) is 0 Å². The van der Waals surface area contributed by atoms with Crippen LogP contribution in [0.25, 0.3) is 5.76 Å². The van der Waals surface area contributed by atoms with Crippen LogP contribution < -0.4 is 0 Å². The highest BCUT2D eigenvalue weighted by molar-refractivity contribution is 6.30. The quantitative estimate of drug-likeness (QED) is 0.560. The summed E-state index contributed by atoms with van der Waals surface area (Å²) in [4.78, 5) is 4.43. The zero-order chi connectivity index (χ0) is 18.5. The summed E-state index contributed by atoms with van der Waals surface area (Å²) in [5, 5.41) is 10.2. The second-order valence-electron chi connectivity index (χ2n) is 6.18. The van der Waals surface area contributed by atoms with E-state index < -0.39 is 0 Å². The number of nitrogens with zero attached hydrogens (tertiary/aromatic N) is 1. The van der Waals surface area contributed by atoms with Gasteiger partial charge in [0.25, 0.3) is 0 Å². The third-order valence-corrected chi connectivity index (χ3v) is 4.47. The van der Waals surface area contributed by atoms with E-state index in [2.05, 4.69) is 11.6 Å². The lowest BCUT2D eigenvalue weighted by Gasteiger charge is -2.11. The van der Waals surface area contributed by atoms with E-state index in [1.807, 2.05) is 42.5 Å². The van der Waals surface area contributed by atoms with E-state index in [9.17, 15) is 9.50 Å². The first-order chi connectivity index (χ1) is 12.5. The second kappa shape index (κ2) is 8.15. The van der Waals surface area contributed by atoms with Crippen LogP contribution in [0.1, 0.15) is 28.1 Å². The number of hydrogen-bond acceptors (Lipinski definition) is 2. The summed E-state index contributed by atoms with van der Waals surface area (Å²) in [5.41, 5.74) is 4.66. The maximum absolute atomic E-state index is 13.0. The molecule has 4 heteroatoms. The molecule has 1 heterocycles. The molecule has 1 aromatic heterocycles. The lowest BCUT2D eigenvalue weighted by Crippen LogP contribution is -2.01. The Balaban J connectivity index is 1.80. The van der Waals surface area contributed by atoms with E-state index in [-0.39, 0.29) is 11.6 Å². The predicted octanol–water partition coefficient (Wildman–Crippen LogP) is 5.78. The molecule has 2 nitrogen and oxygen atoms in total. The fourth-order valence-electron chi connectivity index (χ4n) is 2.87. The van der Waals surface area contributed by atoms with E-state index in [1.54, 1.807) is 6.07 Å². The average molecular weight is 368 g/mol. The Kier molecular flexibility index (Phi) is 5.69. The maximum atomic E-state index is 13.0. The van der Waals surface area contributed by atoms with Crippen LogP contribution in [0.4, 0.5) is 4.39 Å². The molecule has 0 saturated heterocycles. The minimum absolute atomic E-state index is 0.0468. The first-order valence-electron chi connectivity index (χ1n) is 8.37. The van der Waals surface area contributed by atoms with Crippen LogP contribution in [-0.4, -0.2) is 10.1 Å². The van der Waals surface area contributed by atoms with Crippen LogP contribution in [0.3, 0.4) is 0 Å². The van der Waals surface area contributed by atoms with Crippen molar-refractivity contribution in [1.82, 2.24) is 4.98 Å². The molecular formula is C22H19ClFNO. The predicted molar refractivity (Wildman–Crippen MR) is 104 cm³/mol. The van der Waals surface area contributed by atoms with E-state index >= 15 is 0 Å². The Bertz CT molecular complexity index is 922. The Morgan fingerprint density at radius 3 is 2.50 bits per heavy atom. The number of aryl methyl sites for hydroxylation is 2. The van der Waals surface area contributed by atoms with Crippen molar-refractivity contribution in [3.63, 3.8) is 0 Å². The topological polar surface area (TPSA) is 33.1 Å². The monoisotopic (exact) mass is 367 g/mol. The number of pyridine rings is 1. The van der Waals surface area contributed by atoms with E-state index in [0.29, 0.717) is 17.1 Å². The van der Waals surface area contributed by atoms with Crippen LogP contribution in [0.2, 0.25) is 5.02 Å². The van der Waals surface area contributed by atoms with Gasteiger partial charge < -0.3 is 5.11 Å². The molecule has 0 fully saturated rings. The zero-order valence-electron chi connectivity index (χ0n) is 14.3. The molecule has 3 aromatic rings. The third kappa shape index (κ3) is 4.70. The molecule has 0 aliphatic rings. The summed E-state index contributed by atoms with van der Waals surface area (Å²) in [6.45, 7) is 3.52. The summed E-state index contributed by atoms with van der Waals surface area (Å²) in [7, 11) is 0. The standard InChI is InChI=1S/C22H19ClFNO/c1-15(26)22-4-2-3-21(25-22)14-18-13-19(23)10-9-17(18)8-5-16-6-11-20(24)12-7-16/h2-4,6-7,9-13,26H,1,5,8,14H2. The lowest BCUT2D eigenvalue weighted by molar-refractivity contribution is 0.510. The Morgan fingerprint density at radius 1 is 1.00 bits per heavy atom. The van der Waals surface area contributed by atoms with Crippen molar-refractivity contribution in [3.8, 4) is 0 Å². The van der Waals surface area contributed by atoms with Gasteiger partial charge in [0, 0.05) is 17.1 Å². The van der Waals surface area contributed by atoms with Gasteiger partial charge in [0.2, 0.25) is 0 Å². The van der Waals surface area contributed by atoms with Crippen molar-refractivity contribution in [2.24, 2.45) is 0 Å². The molecule has 0 atom stereocenters. The number of aliphatic hydroxyl groups is 1. The van der Waals surface area contributed by atoms with Gasteiger partial charge in [-0.15, -0.1) is 0 Å². The van der Waals surface area contributed by atoms with Gasteiger partial charge in [0.1, 0.15) is 17.3 Å². The summed E-state index contributed by atoms with van der Waals surface area (Å²) in [6, 6.07) is 17.9. The van der Waals surface area contributed by atoms with Gasteiger partial charge in [-0.1, -0.05) is 42.4 Å². The SMILES string of the molecule is C=C(O)c1cccc(Cc2cc(Cl)ccc2CCc2ccc(F)cc2)n1. The van der Waals surface area contributed by atoms with Crippen LogP contribution in [0.15, 0.2) is 67.2 Å². The number of rotatable bonds is 6. The molecule has 0 spiro atoms. The third-order valence-electron chi connectivity index (χ3n) is 4.24. The first kappa shape index (κ1) is 18.2. The molecule has 1 N–H and O–H groups in total. The Hall–Kier alpha value is -2.65. The van der Waals surface area contributed by atoms with Crippen LogP contribution in [-0.2, 0) is 19.3 Å². The molecule has 0 bridgehead atoms. The Morgan fingerprint density at radius 2 is 1.77 bits per heavy atom. The van der Waals surface area contributed by atoms with Gasteiger partial charge >= 0.3 is 0 Å². The zero-order valence-corrected chi connectivity index (χ0v) is 15.0. The number of halogens is 2. The van der Waals surface area contributed by atoms with Gasteiger partial charge in [-0.05, 0) is 65.9 Å². The smallest absolute Gasteiger partial charge is 0.134 e. The van der Waals surface area contributed by atoms with Crippen molar-refractivity contribution in [2.75, 3.05) is 0 Å². The molecule has 3 rings (SSSR count). The van der Waals surface area contributed by atoms with Gasteiger partial charge in [0.05, 0.1) is 0 Å². The van der Waals surface area contributed by atoms with Crippen molar-refractivity contribution in [2.45, 2.75) is 19.3 Å². The number of aromatic nitrogens is 1. The van der Waals surface area contributed by atoms with Gasteiger partial charge in [-0.25, -0.2) is 9.37 Å². The number of hydrogen-bond donors (Lipinski definition) is 1. The Labute approximate surface area is 157 Å². The first-order valence-corrected chi connectivity index (χ1v) is 8.75. The van der Waals surface area contributed by atoms with Gasteiger partial charge in [-0.3, -0.25) is 0 Å². The normalized spacial score (nSPS) is 10.7. The molecule has 2 aromatic carbocycles. The summed E-state index contributed by atoms with van der Waals surface area (Å²) >= 11 is 6.18. The van der Waals surface area contributed by atoms with Crippen molar-refractivity contribution in [1.29, 1.82) is 0 Å². The highest BCUT2D eigenvalue weighted by atomic mass is 35.5. The van der Waals surface area contributed by atoms with E-state index in [0.717, 1.165) is 29.7 Å². The molecule has 0 aliphatic heterocycles. The molecule has 0 unspecified atom stereocenters. The molecular weight excluding hydrogens is 349 g/mol. The number of aliphatic hydroxyl groups excluding tert-OH is 1. The maximum Gasteiger partial charge on any atom is 0.134 e. The molecule has 132 valence electrons. The van der Waals surface area contributed by atoms with Crippen LogP contribution in [0, 0.1) is 5.82 Å². The highest BCUT2D eigenvalue weighted by Crippen LogP contribution is 2.21. The fourth-order valence-corrected chi connectivity index (χ4v) is 3.06. The summed E-state index contributed by atoms with van der Waals surface area (Å²) < 4.78 is 13.0. The molecule has 26 heavy (non-hydrogen) atoms. The van der Waals surface area contributed by atoms with Crippen molar-refractivity contribution in [3.05, 3.63) is 106 Å². The highest BCUT2D eigenvalue weighted by Gasteiger charge is 2.08. The largest absolute Gasteiger partial charge is 0.506 e. The van der Waals surface area contributed by atoms with Crippen molar-refractivity contribution >= 4 is 17.4 Å². The summed E-state index contributed by atoms with van der Waals surface area (Å²) in [6.07, 6.45) is 2.25. The molecule has 0 aliphatic carbocycles. The molecule has 0 amide bonds. The molecule has 0 radical (unpaired) electrons.